The zero-order valence-corrected chi connectivity index (χ0v) is 13.9. The molecule has 0 spiro atoms. The molecule has 126 valence electrons. The summed E-state index contributed by atoms with van der Waals surface area (Å²) in [6, 6.07) is 2.11. The molecular weight excluding hydrogens is 294 g/mol. The third-order valence-electron chi connectivity index (χ3n) is 4.54. The number of anilines is 1. The minimum Gasteiger partial charge on any atom is -0.376 e. The zero-order valence-electron chi connectivity index (χ0n) is 13.9. The van der Waals surface area contributed by atoms with Gasteiger partial charge in [0.25, 0.3) is 0 Å². The molecule has 0 aliphatic carbocycles. The molecule has 2 aliphatic heterocycles. The first kappa shape index (κ1) is 16.1. The minimum absolute atomic E-state index is 0.200. The van der Waals surface area contributed by atoms with Gasteiger partial charge < -0.3 is 14.5 Å². The highest BCUT2D eigenvalue weighted by Crippen LogP contribution is 2.13. The molecule has 0 aromatic carbocycles. The van der Waals surface area contributed by atoms with Crippen LogP contribution in [0.4, 0.5) is 5.95 Å². The van der Waals surface area contributed by atoms with Crippen molar-refractivity contribution in [1.82, 2.24) is 19.8 Å². The van der Waals surface area contributed by atoms with Gasteiger partial charge in [-0.2, -0.15) is 0 Å². The smallest absolute Gasteiger partial charge is 0.236 e. The van der Waals surface area contributed by atoms with Crippen LogP contribution in [-0.2, 0) is 9.53 Å². The molecule has 3 heterocycles. The number of amides is 1. The lowest BCUT2D eigenvalue weighted by molar-refractivity contribution is -0.136. The van der Waals surface area contributed by atoms with Gasteiger partial charge in [0.15, 0.2) is 0 Å². The van der Waals surface area contributed by atoms with Crippen molar-refractivity contribution in [3.8, 4) is 0 Å². The summed E-state index contributed by atoms with van der Waals surface area (Å²) >= 11 is 0. The number of carbonyl (C=O) groups is 1. The molecule has 0 radical (unpaired) electrons. The Hall–Kier alpha value is -1.73. The average Bonchev–Trinajstić information content (AvgIpc) is 2.59. The third-order valence-corrected chi connectivity index (χ3v) is 4.54. The van der Waals surface area contributed by atoms with Gasteiger partial charge in [0.2, 0.25) is 11.9 Å². The lowest BCUT2D eigenvalue weighted by atomic mass is 10.2. The zero-order chi connectivity index (χ0) is 16.2. The molecule has 2 unspecified atom stereocenters. The summed E-state index contributed by atoms with van der Waals surface area (Å²) in [5.74, 6) is 0.954. The van der Waals surface area contributed by atoms with Crippen molar-refractivity contribution in [2.24, 2.45) is 0 Å². The highest BCUT2D eigenvalue weighted by molar-refractivity contribution is 5.78. The Kier molecular flexibility index (Phi) is 5.07. The molecule has 7 nitrogen and oxygen atoms in total. The first-order chi connectivity index (χ1) is 11.1. The van der Waals surface area contributed by atoms with E-state index in [0.29, 0.717) is 19.2 Å². The van der Waals surface area contributed by atoms with E-state index in [1.54, 1.807) is 12.4 Å². The number of rotatable bonds is 3. The standard InChI is InChI=1S/C16H25N5O2/c1-13-12-23-14(2)10-21(13)11-15(22)19-6-8-20(9-7-19)16-17-4-3-5-18-16/h3-5,13-14H,6-12H2,1-2H3. The van der Waals surface area contributed by atoms with Gasteiger partial charge in [-0.3, -0.25) is 9.69 Å². The summed E-state index contributed by atoms with van der Waals surface area (Å²) in [6.45, 7) is 9.20. The van der Waals surface area contributed by atoms with Crippen LogP contribution in [0.2, 0.25) is 0 Å². The molecular formula is C16H25N5O2. The Labute approximate surface area is 137 Å². The molecule has 23 heavy (non-hydrogen) atoms. The van der Waals surface area contributed by atoms with Gasteiger partial charge >= 0.3 is 0 Å². The van der Waals surface area contributed by atoms with Gasteiger partial charge in [-0.1, -0.05) is 0 Å². The molecule has 1 aromatic heterocycles. The Balaban J connectivity index is 1.50. The van der Waals surface area contributed by atoms with Crippen molar-refractivity contribution in [2.75, 3.05) is 50.8 Å². The fourth-order valence-electron chi connectivity index (χ4n) is 3.08. The molecule has 1 amide bonds. The number of carbonyl (C=O) groups excluding carboxylic acids is 1. The SMILES string of the molecule is CC1CN(CC(=O)N2CCN(c3ncccn3)CC2)C(C)CO1. The van der Waals surface area contributed by atoms with E-state index in [1.807, 2.05) is 11.0 Å². The molecule has 0 N–H and O–H groups in total. The van der Waals surface area contributed by atoms with Crippen molar-refractivity contribution in [1.29, 1.82) is 0 Å². The quantitative estimate of drug-likeness (QED) is 0.795. The number of aromatic nitrogens is 2. The lowest BCUT2D eigenvalue weighted by Gasteiger charge is -2.39. The van der Waals surface area contributed by atoms with Gasteiger partial charge in [-0.05, 0) is 19.9 Å². The third kappa shape index (κ3) is 3.97. The van der Waals surface area contributed by atoms with E-state index in [0.717, 1.165) is 38.7 Å². The first-order valence-corrected chi connectivity index (χ1v) is 8.29. The molecule has 0 bridgehead atoms. The topological polar surface area (TPSA) is 61.8 Å². The van der Waals surface area contributed by atoms with E-state index in [9.17, 15) is 4.79 Å². The molecule has 2 fully saturated rings. The van der Waals surface area contributed by atoms with Gasteiger partial charge in [-0.15, -0.1) is 0 Å². The maximum atomic E-state index is 12.6. The van der Waals surface area contributed by atoms with E-state index in [-0.39, 0.29) is 12.0 Å². The number of hydrogen-bond donors (Lipinski definition) is 0. The highest BCUT2D eigenvalue weighted by Gasteiger charge is 2.28. The molecule has 2 aliphatic rings. The van der Waals surface area contributed by atoms with E-state index >= 15 is 0 Å². The molecule has 0 saturated carbocycles. The van der Waals surface area contributed by atoms with Gasteiger partial charge in [-0.25, -0.2) is 9.97 Å². The second kappa shape index (κ2) is 7.23. The van der Waals surface area contributed by atoms with Crippen molar-refractivity contribution in [3.05, 3.63) is 18.5 Å². The van der Waals surface area contributed by atoms with E-state index in [4.69, 9.17) is 4.74 Å². The minimum atomic E-state index is 0.200. The number of piperazine rings is 1. The van der Waals surface area contributed by atoms with Crippen molar-refractivity contribution in [2.45, 2.75) is 26.0 Å². The first-order valence-electron chi connectivity index (χ1n) is 8.29. The number of nitrogens with zero attached hydrogens (tertiary/aromatic N) is 5. The molecule has 2 atom stereocenters. The summed E-state index contributed by atoms with van der Waals surface area (Å²) in [7, 11) is 0. The van der Waals surface area contributed by atoms with Crippen molar-refractivity contribution in [3.63, 3.8) is 0 Å². The van der Waals surface area contributed by atoms with Crippen LogP contribution >= 0.6 is 0 Å². The molecule has 7 heteroatoms. The fourth-order valence-corrected chi connectivity index (χ4v) is 3.08. The second-order valence-electron chi connectivity index (χ2n) is 6.34. The number of hydrogen-bond acceptors (Lipinski definition) is 6. The van der Waals surface area contributed by atoms with Crippen LogP contribution in [0, 0.1) is 0 Å². The van der Waals surface area contributed by atoms with Crippen molar-refractivity contribution < 1.29 is 9.53 Å². The maximum absolute atomic E-state index is 12.6. The van der Waals surface area contributed by atoms with Gasteiger partial charge in [0.1, 0.15) is 0 Å². The average molecular weight is 319 g/mol. The predicted octanol–water partition coefficient (Wildman–Crippen LogP) is 0.234. The van der Waals surface area contributed by atoms with Gasteiger partial charge in [0.05, 0.1) is 19.3 Å². The van der Waals surface area contributed by atoms with Crippen LogP contribution < -0.4 is 4.90 Å². The summed E-state index contributed by atoms with van der Waals surface area (Å²) in [5.41, 5.74) is 0. The molecule has 2 saturated heterocycles. The van der Waals surface area contributed by atoms with Crippen LogP contribution in [0.3, 0.4) is 0 Å². The van der Waals surface area contributed by atoms with Crippen LogP contribution in [0.15, 0.2) is 18.5 Å². The predicted molar refractivity (Wildman–Crippen MR) is 87.3 cm³/mol. The Morgan fingerprint density at radius 2 is 1.91 bits per heavy atom. The monoisotopic (exact) mass is 319 g/mol. The summed E-state index contributed by atoms with van der Waals surface area (Å²) in [4.78, 5) is 27.4. The Morgan fingerprint density at radius 3 is 2.61 bits per heavy atom. The van der Waals surface area contributed by atoms with Crippen LogP contribution in [-0.4, -0.2) is 83.7 Å². The van der Waals surface area contributed by atoms with E-state index in [2.05, 4.69) is 33.6 Å². The Morgan fingerprint density at radius 1 is 1.22 bits per heavy atom. The second-order valence-corrected chi connectivity index (χ2v) is 6.34. The highest BCUT2D eigenvalue weighted by atomic mass is 16.5. The largest absolute Gasteiger partial charge is 0.376 e. The van der Waals surface area contributed by atoms with Gasteiger partial charge in [0, 0.05) is 51.2 Å². The number of ether oxygens (including phenoxy) is 1. The summed E-state index contributed by atoms with van der Waals surface area (Å²) in [6.07, 6.45) is 3.70. The normalized spacial score (nSPS) is 26.3. The molecule has 1 aromatic rings. The Bertz CT molecular complexity index is 518. The van der Waals surface area contributed by atoms with E-state index in [1.165, 1.54) is 0 Å². The van der Waals surface area contributed by atoms with Crippen LogP contribution in [0.1, 0.15) is 13.8 Å². The summed E-state index contributed by atoms with van der Waals surface area (Å²) in [5, 5.41) is 0. The van der Waals surface area contributed by atoms with Crippen LogP contribution in [0.25, 0.3) is 0 Å². The maximum Gasteiger partial charge on any atom is 0.236 e. The summed E-state index contributed by atoms with van der Waals surface area (Å²) < 4.78 is 5.62. The molecule has 3 rings (SSSR count). The fraction of sp³-hybridized carbons (Fsp3) is 0.688. The number of morpholine rings is 1. The van der Waals surface area contributed by atoms with E-state index < -0.39 is 0 Å². The lowest BCUT2D eigenvalue weighted by Crippen LogP contribution is -2.55. The van der Waals surface area contributed by atoms with Crippen molar-refractivity contribution >= 4 is 11.9 Å². The van der Waals surface area contributed by atoms with Crippen LogP contribution in [0.5, 0.6) is 0 Å².